The molecule has 2 aromatic heterocycles. The van der Waals surface area contributed by atoms with Gasteiger partial charge in [0.2, 0.25) is 5.95 Å². The molecule has 0 atom stereocenters. The molecule has 174 valence electrons. The van der Waals surface area contributed by atoms with Crippen LogP contribution in [0, 0.1) is 0 Å². The highest BCUT2D eigenvalue weighted by molar-refractivity contribution is 5.85. The number of halogens is 1. The number of ether oxygens (including phenoxy) is 1. The molecule has 0 bridgehead atoms. The molecule has 0 aliphatic rings. The minimum atomic E-state index is -0.426. The summed E-state index contributed by atoms with van der Waals surface area (Å²) < 4.78 is 9.77. The van der Waals surface area contributed by atoms with E-state index in [1.54, 1.807) is 24.9 Å². The molecule has 0 amide bonds. The molecule has 2 heterocycles. The Balaban J connectivity index is 0.00000363. The van der Waals surface area contributed by atoms with Gasteiger partial charge in [0.05, 0.1) is 6.21 Å². The van der Waals surface area contributed by atoms with Crippen LogP contribution in [0.3, 0.4) is 0 Å². The van der Waals surface area contributed by atoms with E-state index in [9.17, 15) is 9.59 Å². The quantitative estimate of drug-likeness (QED) is 0.382. The van der Waals surface area contributed by atoms with Crippen molar-refractivity contribution in [3.8, 4) is 5.75 Å². The lowest BCUT2D eigenvalue weighted by atomic mass is 10.2. The lowest BCUT2D eigenvalue weighted by molar-refractivity contribution is 0.223. The molecule has 10 nitrogen and oxygen atoms in total. The topological polar surface area (TPSA) is 98.7 Å². The van der Waals surface area contributed by atoms with Crippen molar-refractivity contribution in [1.82, 2.24) is 23.6 Å². The molecular formula is C21H30ClN7O3. The molecule has 3 rings (SSSR count). The predicted molar refractivity (Wildman–Crippen MR) is 129 cm³/mol. The summed E-state index contributed by atoms with van der Waals surface area (Å²) in [6, 6.07) is 7.62. The number of nitrogens with zero attached hydrogens (tertiary/aromatic N) is 6. The summed E-state index contributed by atoms with van der Waals surface area (Å²) >= 11 is 0. The molecule has 1 aromatic carbocycles. The van der Waals surface area contributed by atoms with E-state index < -0.39 is 11.2 Å². The smallest absolute Gasteiger partial charge is 0.332 e. The molecule has 0 aliphatic heterocycles. The van der Waals surface area contributed by atoms with E-state index in [2.05, 4.69) is 34.3 Å². The number of fused-ring (bicyclic) bond motifs is 1. The standard InChI is InChI=1S/C21H29N7O3.ClH/c1-6-28(7-2)12-13-31-16-10-8-15(9-11-16)14-22-24-20-23-18-17(25(20)3)19(29)27(5)21(30)26(18)4;/h8-11,14H,6-7,12-13H2,1-5H3,(H,23,24);1H/b22-14+;. The fourth-order valence-corrected chi connectivity index (χ4v) is 3.27. The third-order valence-corrected chi connectivity index (χ3v) is 5.30. The van der Waals surface area contributed by atoms with E-state index in [0.29, 0.717) is 23.7 Å². The van der Waals surface area contributed by atoms with Crippen LogP contribution in [0.15, 0.2) is 39.0 Å². The van der Waals surface area contributed by atoms with E-state index in [1.165, 1.54) is 11.6 Å². The first-order chi connectivity index (χ1) is 14.9. The molecule has 0 spiro atoms. The normalized spacial score (nSPS) is 11.3. The molecule has 0 saturated carbocycles. The summed E-state index contributed by atoms with van der Waals surface area (Å²) in [5.41, 5.74) is 3.53. The molecule has 0 radical (unpaired) electrons. The average Bonchev–Trinajstić information content (AvgIpc) is 3.11. The summed E-state index contributed by atoms with van der Waals surface area (Å²) in [7, 11) is 4.72. The van der Waals surface area contributed by atoms with Crippen molar-refractivity contribution in [1.29, 1.82) is 0 Å². The summed E-state index contributed by atoms with van der Waals surface area (Å²) in [5.74, 6) is 1.17. The summed E-state index contributed by atoms with van der Waals surface area (Å²) in [5, 5.41) is 4.21. The number of anilines is 1. The molecule has 11 heteroatoms. The molecule has 0 unspecified atom stereocenters. The van der Waals surface area contributed by atoms with Gasteiger partial charge in [0.15, 0.2) is 11.2 Å². The zero-order valence-electron chi connectivity index (χ0n) is 19.0. The first-order valence-electron chi connectivity index (χ1n) is 10.2. The Morgan fingerprint density at radius 2 is 1.72 bits per heavy atom. The number of imidazole rings is 1. The van der Waals surface area contributed by atoms with Gasteiger partial charge in [0, 0.05) is 27.7 Å². The summed E-state index contributed by atoms with van der Waals surface area (Å²) in [6.07, 6.45) is 1.65. The molecule has 3 aromatic rings. The maximum atomic E-state index is 12.4. The van der Waals surface area contributed by atoms with Gasteiger partial charge in [-0.1, -0.05) is 13.8 Å². The monoisotopic (exact) mass is 463 g/mol. The van der Waals surface area contributed by atoms with Crippen LogP contribution in [0.2, 0.25) is 0 Å². The van der Waals surface area contributed by atoms with E-state index in [4.69, 9.17) is 4.74 Å². The second-order valence-corrected chi connectivity index (χ2v) is 7.19. The fraction of sp³-hybridized carbons (Fsp3) is 0.429. The molecule has 32 heavy (non-hydrogen) atoms. The largest absolute Gasteiger partial charge is 0.492 e. The lowest BCUT2D eigenvalue weighted by Crippen LogP contribution is -2.37. The van der Waals surface area contributed by atoms with Crippen molar-refractivity contribution in [2.75, 3.05) is 31.7 Å². The number of hydrogen-bond acceptors (Lipinski definition) is 7. The van der Waals surface area contributed by atoms with E-state index >= 15 is 0 Å². The van der Waals surface area contributed by atoms with Crippen LogP contribution in [0.1, 0.15) is 19.4 Å². The highest BCUT2D eigenvalue weighted by atomic mass is 35.5. The van der Waals surface area contributed by atoms with E-state index in [0.717, 1.165) is 35.5 Å². The average molecular weight is 464 g/mol. The van der Waals surface area contributed by atoms with Crippen LogP contribution >= 0.6 is 12.4 Å². The van der Waals surface area contributed by atoms with Crippen LogP contribution in [0.4, 0.5) is 5.95 Å². The number of aromatic nitrogens is 4. The van der Waals surface area contributed by atoms with Gasteiger partial charge in [-0.25, -0.2) is 10.2 Å². The number of nitrogens with one attached hydrogen (secondary N) is 1. The van der Waals surface area contributed by atoms with Crippen LogP contribution in [0.5, 0.6) is 5.75 Å². The molecule has 0 saturated heterocycles. The van der Waals surface area contributed by atoms with Crippen molar-refractivity contribution in [3.05, 3.63) is 50.7 Å². The Morgan fingerprint density at radius 3 is 2.34 bits per heavy atom. The Kier molecular flexibility index (Phi) is 8.62. The summed E-state index contributed by atoms with van der Waals surface area (Å²) in [4.78, 5) is 31.2. The van der Waals surface area contributed by atoms with Crippen molar-refractivity contribution in [2.45, 2.75) is 13.8 Å². The van der Waals surface area contributed by atoms with Gasteiger partial charge in [-0.05, 0) is 42.9 Å². The Bertz CT molecular complexity index is 1190. The highest BCUT2D eigenvalue weighted by Gasteiger charge is 2.16. The third-order valence-electron chi connectivity index (χ3n) is 5.30. The van der Waals surface area contributed by atoms with Crippen molar-refractivity contribution in [3.63, 3.8) is 0 Å². The van der Waals surface area contributed by atoms with Gasteiger partial charge in [0.1, 0.15) is 12.4 Å². The SMILES string of the molecule is CCN(CC)CCOc1ccc(/C=N/Nc2nc3c(c(=O)n(C)c(=O)n3C)n2C)cc1.Cl. The summed E-state index contributed by atoms with van der Waals surface area (Å²) in [6.45, 7) is 7.84. The molecule has 0 fully saturated rings. The lowest BCUT2D eigenvalue weighted by Gasteiger charge is -2.17. The van der Waals surface area contributed by atoms with E-state index in [-0.39, 0.29) is 12.4 Å². The van der Waals surface area contributed by atoms with Gasteiger partial charge in [0.25, 0.3) is 5.56 Å². The first-order valence-corrected chi connectivity index (χ1v) is 10.2. The second kappa shape index (κ2) is 11.0. The van der Waals surface area contributed by atoms with Crippen molar-refractivity contribution in [2.24, 2.45) is 26.2 Å². The van der Waals surface area contributed by atoms with E-state index in [1.807, 2.05) is 24.3 Å². The zero-order valence-corrected chi connectivity index (χ0v) is 19.8. The van der Waals surface area contributed by atoms with Gasteiger partial charge in [-0.3, -0.25) is 13.9 Å². The Hall–Kier alpha value is -3.11. The number of aryl methyl sites for hydroxylation is 2. The maximum Gasteiger partial charge on any atom is 0.332 e. The zero-order chi connectivity index (χ0) is 22.5. The van der Waals surface area contributed by atoms with Gasteiger partial charge < -0.3 is 14.2 Å². The van der Waals surface area contributed by atoms with Crippen LogP contribution in [0.25, 0.3) is 11.2 Å². The predicted octanol–water partition coefficient (Wildman–Crippen LogP) is 1.56. The minimum absolute atomic E-state index is 0. The van der Waals surface area contributed by atoms with Crippen LogP contribution in [-0.2, 0) is 21.1 Å². The Morgan fingerprint density at radius 1 is 1.06 bits per heavy atom. The van der Waals surface area contributed by atoms with Gasteiger partial charge >= 0.3 is 5.69 Å². The van der Waals surface area contributed by atoms with Gasteiger partial charge in [-0.2, -0.15) is 10.1 Å². The van der Waals surface area contributed by atoms with Crippen LogP contribution < -0.4 is 21.4 Å². The minimum Gasteiger partial charge on any atom is -0.492 e. The number of rotatable bonds is 9. The van der Waals surface area contributed by atoms with Crippen molar-refractivity contribution >= 4 is 35.7 Å². The first kappa shape index (κ1) is 25.2. The number of benzene rings is 1. The van der Waals surface area contributed by atoms with Crippen molar-refractivity contribution < 1.29 is 4.74 Å². The number of likely N-dealkylation sites (N-methyl/N-ethyl adjacent to an activating group) is 1. The number of hydrazone groups is 1. The second-order valence-electron chi connectivity index (χ2n) is 7.19. The fourth-order valence-electron chi connectivity index (χ4n) is 3.27. The molecule has 0 aliphatic carbocycles. The maximum absolute atomic E-state index is 12.4. The third kappa shape index (κ3) is 5.20. The molecular weight excluding hydrogens is 434 g/mol. The number of hydrogen-bond donors (Lipinski definition) is 1. The van der Waals surface area contributed by atoms with Gasteiger partial charge in [-0.15, -0.1) is 12.4 Å². The highest BCUT2D eigenvalue weighted by Crippen LogP contribution is 2.14. The van der Waals surface area contributed by atoms with Crippen LogP contribution in [-0.4, -0.2) is 56.0 Å². The Labute approximate surface area is 192 Å². The molecule has 1 N–H and O–H groups in total.